The Labute approximate surface area is 117 Å². The van der Waals surface area contributed by atoms with Gasteiger partial charge in [0.15, 0.2) is 0 Å². The average Bonchev–Trinajstić information content (AvgIpc) is 2.84. The second-order valence-electron chi connectivity index (χ2n) is 4.79. The summed E-state index contributed by atoms with van der Waals surface area (Å²) in [4.78, 5) is 15.3. The van der Waals surface area contributed by atoms with E-state index in [-0.39, 0.29) is 0 Å². The van der Waals surface area contributed by atoms with E-state index < -0.39 is 0 Å². The lowest BCUT2D eigenvalue weighted by molar-refractivity contribution is -0.107. The lowest BCUT2D eigenvalue weighted by Crippen LogP contribution is -2.05. The Morgan fingerprint density at radius 2 is 1.75 bits per heavy atom. The number of fused-ring (bicyclic) bond motifs is 1. The predicted molar refractivity (Wildman–Crippen MR) is 79.7 cm³/mol. The number of imidazole rings is 1. The fraction of sp³-hybridized carbons (Fsp3) is 0.176. The predicted octanol–water partition coefficient (Wildman–Crippen LogP) is 3.22. The van der Waals surface area contributed by atoms with Crippen LogP contribution in [-0.4, -0.2) is 15.8 Å². The van der Waals surface area contributed by atoms with Gasteiger partial charge in [0.25, 0.3) is 0 Å². The van der Waals surface area contributed by atoms with Gasteiger partial charge >= 0.3 is 0 Å². The average molecular weight is 264 g/mol. The van der Waals surface area contributed by atoms with E-state index >= 15 is 0 Å². The van der Waals surface area contributed by atoms with Crippen LogP contribution in [-0.2, 0) is 17.8 Å². The van der Waals surface area contributed by atoms with Crippen LogP contribution >= 0.6 is 0 Å². The highest BCUT2D eigenvalue weighted by atomic mass is 16.1. The molecule has 0 N–H and O–H groups in total. The Balaban J connectivity index is 2.03. The second kappa shape index (κ2) is 5.70. The molecule has 3 heteroatoms. The number of para-hydroxylation sites is 2. The normalized spacial score (nSPS) is 10.8. The van der Waals surface area contributed by atoms with E-state index in [1.54, 1.807) is 0 Å². The van der Waals surface area contributed by atoms with E-state index in [1.165, 1.54) is 5.56 Å². The van der Waals surface area contributed by atoms with Crippen LogP contribution in [0.1, 0.15) is 17.8 Å². The molecule has 1 aromatic heterocycles. The molecule has 0 spiro atoms. The van der Waals surface area contributed by atoms with Crippen molar-refractivity contribution in [2.45, 2.75) is 19.4 Å². The molecule has 20 heavy (non-hydrogen) atoms. The van der Waals surface area contributed by atoms with E-state index in [0.29, 0.717) is 12.8 Å². The Kier molecular flexibility index (Phi) is 3.59. The molecule has 0 aliphatic carbocycles. The molecule has 0 bridgehead atoms. The van der Waals surface area contributed by atoms with E-state index in [9.17, 15) is 4.79 Å². The highest BCUT2D eigenvalue weighted by Gasteiger charge is 2.10. The van der Waals surface area contributed by atoms with Crippen molar-refractivity contribution in [2.24, 2.45) is 0 Å². The third kappa shape index (κ3) is 2.48. The molecule has 2 aromatic carbocycles. The molecule has 0 amide bonds. The maximum atomic E-state index is 10.6. The smallest absolute Gasteiger partial charge is 0.120 e. The van der Waals surface area contributed by atoms with Gasteiger partial charge in [-0.05, 0) is 17.7 Å². The van der Waals surface area contributed by atoms with Crippen LogP contribution in [0.3, 0.4) is 0 Å². The van der Waals surface area contributed by atoms with Crippen molar-refractivity contribution in [3.05, 3.63) is 66.0 Å². The SMILES string of the molecule is O=CCCc1nc2ccccc2n1Cc1ccccc1. The number of rotatable bonds is 5. The molecule has 3 rings (SSSR count). The number of aryl methyl sites for hydroxylation is 1. The fourth-order valence-electron chi connectivity index (χ4n) is 2.45. The molecule has 0 aliphatic rings. The van der Waals surface area contributed by atoms with Crippen LogP contribution in [0.4, 0.5) is 0 Å². The number of aromatic nitrogens is 2. The van der Waals surface area contributed by atoms with Gasteiger partial charge in [0.05, 0.1) is 11.0 Å². The molecular weight excluding hydrogens is 248 g/mol. The van der Waals surface area contributed by atoms with Crippen LogP contribution in [0.2, 0.25) is 0 Å². The summed E-state index contributed by atoms with van der Waals surface area (Å²) in [6, 6.07) is 18.4. The van der Waals surface area contributed by atoms with Crippen molar-refractivity contribution < 1.29 is 4.79 Å². The third-order valence-electron chi connectivity index (χ3n) is 3.40. The largest absolute Gasteiger partial charge is 0.323 e. The van der Waals surface area contributed by atoms with Crippen molar-refractivity contribution >= 4 is 17.3 Å². The van der Waals surface area contributed by atoms with Crippen LogP contribution in [0.5, 0.6) is 0 Å². The number of hydrogen-bond donors (Lipinski definition) is 0. The van der Waals surface area contributed by atoms with Gasteiger partial charge in [0.2, 0.25) is 0 Å². The zero-order valence-electron chi connectivity index (χ0n) is 11.2. The van der Waals surface area contributed by atoms with Crippen molar-refractivity contribution in [2.75, 3.05) is 0 Å². The van der Waals surface area contributed by atoms with Gasteiger partial charge in [-0.2, -0.15) is 0 Å². The maximum absolute atomic E-state index is 10.6. The minimum Gasteiger partial charge on any atom is -0.323 e. The van der Waals surface area contributed by atoms with Crippen molar-refractivity contribution in [1.82, 2.24) is 9.55 Å². The summed E-state index contributed by atoms with van der Waals surface area (Å²) in [5, 5.41) is 0. The van der Waals surface area contributed by atoms with E-state index in [4.69, 9.17) is 0 Å². The number of aldehydes is 1. The number of hydrogen-bond acceptors (Lipinski definition) is 2. The molecule has 1 heterocycles. The molecule has 0 unspecified atom stereocenters. The minimum atomic E-state index is 0.512. The molecule has 0 fully saturated rings. The van der Waals surface area contributed by atoms with Gasteiger partial charge in [-0.1, -0.05) is 42.5 Å². The van der Waals surface area contributed by atoms with Gasteiger partial charge in [0, 0.05) is 19.4 Å². The van der Waals surface area contributed by atoms with Crippen molar-refractivity contribution in [3.8, 4) is 0 Å². The minimum absolute atomic E-state index is 0.512. The van der Waals surface area contributed by atoms with Gasteiger partial charge in [-0.25, -0.2) is 4.98 Å². The molecule has 0 radical (unpaired) electrons. The first-order valence-electron chi connectivity index (χ1n) is 6.80. The maximum Gasteiger partial charge on any atom is 0.120 e. The summed E-state index contributed by atoms with van der Waals surface area (Å²) in [5.74, 6) is 0.974. The summed E-state index contributed by atoms with van der Waals surface area (Å²) in [5.41, 5.74) is 3.35. The molecule has 0 saturated carbocycles. The highest BCUT2D eigenvalue weighted by molar-refractivity contribution is 5.76. The number of nitrogens with zero attached hydrogens (tertiary/aromatic N) is 2. The van der Waals surface area contributed by atoms with Crippen LogP contribution < -0.4 is 0 Å². The van der Waals surface area contributed by atoms with Gasteiger partial charge < -0.3 is 9.36 Å². The Morgan fingerprint density at radius 1 is 1.00 bits per heavy atom. The second-order valence-corrected chi connectivity index (χ2v) is 4.79. The zero-order valence-corrected chi connectivity index (χ0v) is 11.2. The monoisotopic (exact) mass is 264 g/mol. The summed E-state index contributed by atoms with van der Waals surface area (Å²) in [6.07, 6.45) is 2.15. The zero-order chi connectivity index (χ0) is 13.8. The van der Waals surface area contributed by atoms with E-state index in [1.807, 2.05) is 36.4 Å². The molecule has 100 valence electrons. The summed E-state index contributed by atoms with van der Waals surface area (Å²) in [7, 11) is 0. The first kappa shape index (κ1) is 12.6. The van der Waals surface area contributed by atoms with Crippen LogP contribution in [0.25, 0.3) is 11.0 Å². The number of carbonyl (C=O) groups excluding carboxylic acids is 1. The van der Waals surface area contributed by atoms with E-state index in [0.717, 1.165) is 29.7 Å². The Bertz CT molecular complexity index is 716. The van der Waals surface area contributed by atoms with Crippen molar-refractivity contribution in [3.63, 3.8) is 0 Å². The van der Waals surface area contributed by atoms with E-state index in [2.05, 4.69) is 27.8 Å². The molecule has 0 aliphatic heterocycles. The fourth-order valence-corrected chi connectivity index (χ4v) is 2.45. The molecule has 3 nitrogen and oxygen atoms in total. The van der Waals surface area contributed by atoms with Gasteiger partial charge in [0.1, 0.15) is 12.1 Å². The van der Waals surface area contributed by atoms with Crippen LogP contribution in [0.15, 0.2) is 54.6 Å². The Hall–Kier alpha value is -2.42. The topological polar surface area (TPSA) is 34.9 Å². The molecule has 0 saturated heterocycles. The molecular formula is C17H16N2O. The first-order valence-corrected chi connectivity index (χ1v) is 6.80. The summed E-state index contributed by atoms with van der Waals surface area (Å²) >= 11 is 0. The molecule has 3 aromatic rings. The number of carbonyl (C=O) groups is 1. The van der Waals surface area contributed by atoms with Gasteiger partial charge in [-0.15, -0.1) is 0 Å². The standard InChI is InChI=1S/C17H16N2O/c20-12-6-11-17-18-15-9-4-5-10-16(15)19(17)13-14-7-2-1-3-8-14/h1-5,7-10,12H,6,11,13H2. The van der Waals surface area contributed by atoms with Gasteiger partial charge in [-0.3, -0.25) is 0 Å². The molecule has 0 atom stereocenters. The van der Waals surface area contributed by atoms with Crippen LogP contribution in [0, 0.1) is 0 Å². The van der Waals surface area contributed by atoms with Crippen molar-refractivity contribution in [1.29, 1.82) is 0 Å². The highest BCUT2D eigenvalue weighted by Crippen LogP contribution is 2.18. The quantitative estimate of drug-likeness (QED) is 0.663. The lowest BCUT2D eigenvalue weighted by Gasteiger charge is -2.08. The third-order valence-corrected chi connectivity index (χ3v) is 3.40. The summed E-state index contributed by atoms with van der Waals surface area (Å²) in [6.45, 7) is 0.787. The summed E-state index contributed by atoms with van der Waals surface area (Å²) < 4.78 is 2.20. The Morgan fingerprint density at radius 3 is 2.55 bits per heavy atom. The lowest BCUT2D eigenvalue weighted by atomic mass is 10.2. The first-order chi connectivity index (χ1) is 9.88. The number of benzene rings is 2.